The van der Waals surface area contributed by atoms with Gasteiger partial charge >= 0.3 is 0 Å². The van der Waals surface area contributed by atoms with Gasteiger partial charge in [0.1, 0.15) is 0 Å². The average molecular weight is 278 g/mol. The number of benzene rings is 1. The summed E-state index contributed by atoms with van der Waals surface area (Å²) >= 11 is 3.48. The second kappa shape index (κ2) is 3.20. The molecule has 82 valence electrons. The zero-order chi connectivity index (χ0) is 11.3. The number of rotatable bonds is 0. The number of hydrogen-bond acceptors (Lipinski definition) is 1. The molecule has 1 aromatic rings. The van der Waals surface area contributed by atoms with Crippen molar-refractivity contribution >= 4 is 21.8 Å². The maximum absolute atomic E-state index is 12.2. The molecule has 0 aliphatic carbocycles. The number of amides is 1. The Kier molecular flexibility index (Phi) is 2.02. The number of carbonyl (C=O) groups excluding carboxylic acids is 1. The molecule has 0 spiro atoms. The summed E-state index contributed by atoms with van der Waals surface area (Å²) in [7, 11) is 0. The molecular formula is C13H12BrNO. The Morgan fingerprint density at radius 1 is 1.38 bits per heavy atom. The Morgan fingerprint density at radius 3 is 3.00 bits per heavy atom. The monoisotopic (exact) mass is 277 g/mol. The summed E-state index contributed by atoms with van der Waals surface area (Å²) in [6, 6.07) is 5.93. The third-order valence-electron chi connectivity index (χ3n) is 3.60. The highest BCUT2D eigenvalue weighted by Gasteiger charge is 2.45. The van der Waals surface area contributed by atoms with Gasteiger partial charge in [0.2, 0.25) is 0 Å². The first-order valence-electron chi connectivity index (χ1n) is 5.40. The van der Waals surface area contributed by atoms with Gasteiger partial charge in [-0.15, -0.1) is 0 Å². The molecule has 0 saturated heterocycles. The second-order valence-electron chi connectivity index (χ2n) is 4.56. The lowest BCUT2D eigenvalue weighted by Crippen LogP contribution is -2.43. The molecule has 0 saturated carbocycles. The number of halogens is 1. The van der Waals surface area contributed by atoms with Crippen molar-refractivity contribution in [3.8, 4) is 0 Å². The summed E-state index contributed by atoms with van der Waals surface area (Å²) < 4.78 is 1.04. The zero-order valence-electron chi connectivity index (χ0n) is 9.03. The summed E-state index contributed by atoms with van der Waals surface area (Å²) in [6.07, 6.45) is 5.14. The van der Waals surface area contributed by atoms with Gasteiger partial charge in [-0.1, -0.05) is 28.1 Å². The molecule has 2 nitrogen and oxygen atoms in total. The SMILES string of the molecule is CC12CC=CCN1C(=O)c1ccc(Br)cc12. The van der Waals surface area contributed by atoms with Crippen LogP contribution in [0.4, 0.5) is 0 Å². The minimum atomic E-state index is -0.148. The van der Waals surface area contributed by atoms with Gasteiger partial charge in [-0.05, 0) is 37.1 Å². The van der Waals surface area contributed by atoms with Gasteiger partial charge in [0, 0.05) is 16.6 Å². The van der Waals surface area contributed by atoms with Crippen LogP contribution in [0.3, 0.4) is 0 Å². The molecule has 0 bridgehead atoms. The third kappa shape index (κ3) is 1.15. The van der Waals surface area contributed by atoms with Gasteiger partial charge in [-0.25, -0.2) is 0 Å². The molecule has 1 aromatic carbocycles. The smallest absolute Gasteiger partial charge is 0.255 e. The molecular weight excluding hydrogens is 266 g/mol. The van der Waals surface area contributed by atoms with Crippen molar-refractivity contribution in [1.29, 1.82) is 0 Å². The van der Waals surface area contributed by atoms with Crippen molar-refractivity contribution in [2.75, 3.05) is 6.54 Å². The molecule has 2 aliphatic heterocycles. The van der Waals surface area contributed by atoms with Gasteiger partial charge in [0.25, 0.3) is 5.91 Å². The van der Waals surface area contributed by atoms with Gasteiger partial charge in [-0.2, -0.15) is 0 Å². The van der Waals surface area contributed by atoms with Crippen LogP contribution in [0.1, 0.15) is 29.3 Å². The quantitative estimate of drug-likeness (QED) is 0.668. The maximum atomic E-state index is 12.2. The lowest BCUT2D eigenvalue weighted by atomic mass is 9.87. The highest BCUT2D eigenvalue weighted by Crippen LogP contribution is 2.44. The molecule has 0 aromatic heterocycles. The van der Waals surface area contributed by atoms with Crippen molar-refractivity contribution in [1.82, 2.24) is 4.90 Å². The van der Waals surface area contributed by atoms with Crippen LogP contribution in [0, 0.1) is 0 Å². The number of nitrogens with zero attached hydrogens (tertiary/aromatic N) is 1. The summed E-state index contributed by atoms with van der Waals surface area (Å²) in [5.74, 6) is 0.161. The van der Waals surface area contributed by atoms with Crippen LogP contribution >= 0.6 is 15.9 Å². The molecule has 0 fully saturated rings. The minimum Gasteiger partial charge on any atom is -0.325 e. The zero-order valence-corrected chi connectivity index (χ0v) is 10.6. The first kappa shape index (κ1) is 10.1. The number of fused-ring (bicyclic) bond motifs is 3. The van der Waals surface area contributed by atoms with Gasteiger partial charge in [0.15, 0.2) is 0 Å². The Morgan fingerprint density at radius 2 is 2.19 bits per heavy atom. The van der Waals surface area contributed by atoms with Gasteiger partial charge in [0.05, 0.1) is 5.54 Å². The molecule has 1 amide bonds. The molecule has 0 radical (unpaired) electrons. The fraction of sp³-hybridized carbons (Fsp3) is 0.308. The first-order valence-corrected chi connectivity index (χ1v) is 6.19. The Hall–Kier alpha value is -1.09. The van der Waals surface area contributed by atoms with E-state index in [1.54, 1.807) is 0 Å². The molecule has 0 N–H and O–H groups in total. The lowest BCUT2D eigenvalue weighted by Gasteiger charge is -2.37. The van der Waals surface area contributed by atoms with E-state index in [1.165, 1.54) is 0 Å². The van der Waals surface area contributed by atoms with E-state index in [4.69, 9.17) is 0 Å². The Bertz CT molecular complexity index is 509. The lowest BCUT2D eigenvalue weighted by molar-refractivity contribution is 0.0608. The van der Waals surface area contributed by atoms with Crippen LogP contribution in [0.2, 0.25) is 0 Å². The number of hydrogen-bond donors (Lipinski definition) is 0. The summed E-state index contributed by atoms with van der Waals surface area (Å²) in [4.78, 5) is 14.2. The summed E-state index contributed by atoms with van der Waals surface area (Å²) in [5.41, 5.74) is 1.86. The molecule has 1 unspecified atom stereocenters. The van der Waals surface area contributed by atoms with E-state index in [9.17, 15) is 4.79 Å². The van der Waals surface area contributed by atoms with Gasteiger partial charge in [-0.3, -0.25) is 4.79 Å². The van der Waals surface area contributed by atoms with E-state index in [2.05, 4.69) is 41.1 Å². The Balaban J connectivity index is 2.24. The standard InChI is InChI=1S/C13H12BrNO/c1-13-6-2-3-7-15(13)12(16)10-5-4-9(14)8-11(10)13/h2-5,8H,6-7H2,1H3. The second-order valence-corrected chi connectivity index (χ2v) is 5.47. The van der Waals surface area contributed by atoms with Crippen LogP contribution in [0.25, 0.3) is 0 Å². The van der Waals surface area contributed by atoms with E-state index < -0.39 is 0 Å². The van der Waals surface area contributed by atoms with Crippen molar-refractivity contribution in [2.24, 2.45) is 0 Å². The van der Waals surface area contributed by atoms with E-state index in [0.717, 1.165) is 28.6 Å². The van der Waals surface area contributed by atoms with Crippen LogP contribution in [-0.4, -0.2) is 17.4 Å². The van der Waals surface area contributed by atoms with E-state index >= 15 is 0 Å². The molecule has 1 atom stereocenters. The van der Waals surface area contributed by atoms with Gasteiger partial charge < -0.3 is 4.90 Å². The molecule has 2 heterocycles. The summed E-state index contributed by atoms with van der Waals surface area (Å²) in [5, 5.41) is 0. The van der Waals surface area contributed by atoms with E-state index in [-0.39, 0.29) is 11.4 Å². The molecule has 3 heteroatoms. The van der Waals surface area contributed by atoms with Crippen LogP contribution in [-0.2, 0) is 5.54 Å². The topological polar surface area (TPSA) is 20.3 Å². The highest BCUT2D eigenvalue weighted by atomic mass is 79.9. The van der Waals surface area contributed by atoms with Crippen LogP contribution in [0.15, 0.2) is 34.8 Å². The summed E-state index contributed by atoms with van der Waals surface area (Å²) in [6.45, 7) is 2.87. The van der Waals surface area contributed by atoms with Crippen LogP contribution in [0.5, 0.6) is 0 Å². The highest BCUT2D eigenvalue weighted by molar-refractivity contribution is 9.10. The predicted octanol–water partition coefficient (Wildman–Crippen LogP) is 3.08. The molecule has 2 aliphatic rings. The van der Waals surface area contributed by atoms with E-state index in [1.807, 2.05) is 17.0 Å². The normalized spacial score (nSPS) is 26.9. The van der Waals surface area contributed by atoms with Crippen molar-refractivity contribution in [3.63, 3.8) is 0 Å². The Labute approximate surface area is 103 Å². The minimum absolute atomic E-state index is 0.148. The third-order valence-corrected chi connectivity index (χ3v) is 4.10. The molecule has 16 heavy (non-hydrogen) atoms. The first-order chi connectivity index (χ1) is 7.63. The van der Waals surface area contributed by atoms with Crippen molar-refractivity contribution in [2.45, 2.75) is 18.9 Å². The van der Waals surface area contributed by atoms with E-state index in [0.29, 0.717) is 0 Å². The van der Waals surface area contributed by atoms with Crippen molar-refractivity contribution < 1.29 is 4.79 Å². The largest absolute Gasteiger partial charge is 0.325 e. The average Bonchev–Trinajstić information content (AvgIpc) is 2.49. The molecule has 3 rings (SSSR count). The predicted molar refractivity (Wildman–Crippen MR) is 66.3 cm³/mol. The fourth-order valence-corrected chi connectivity index (χ4v) is 3.02. The maximum Gasteiger partial charge on any atom is 0.255 e. The van der Waals surface area contributed by atoms with Crippen molar-refractivity contribution in [3.05, 3.63) is 46.0 Å². The number of carbonyl (C=O) groups is 1. The fourth-order valence-electron chi connectivity index (χ4n) is 2.66. The van der Waals surface area contributed by atoms with Crippen LogP contribution < -0.4 is 0 Å².